The van der Waals surface area contributed by atoms with Gasteiger partial charge in [0.2, 0.25) is 0 Å². The quantitative estimate of drug-likeness (QED) is 0.631. The van der Waals surface area contributed by atoms with Crippen LogP contribution in [-0.4, -0.2) is 48.2 Å². The van der Waals surface area contributed by atoms with Gasteiger partial charge in [-0.2, -0.15) is 0 Å². The normalized spacial score (nSPS) is 10.6. The summed E-state index contributed by atoms with van der Waals surface area (Å²) in [6.45, 7) is 4.03. The van der Waals surface area contributed by atoms with Gasteiger partial charge in [0.15, 0.2) is 0 Å². The van der Waals surface area contributed by atoms with E-state index in [1.807, 2.05) is 0 Å². The van der Waals surface area contributed by atoms with E-state index >= 15 is 0 Å². The minimum Gasteiger partial charge on any atom is -0.481 e. The summed E-state index contributed by atoms with van der Waals surface area (Å²) in [6, 6.07) is 0. The summed E-state index contributed by atoms with van der Waals surface area (Å²) in [4.78, 5) is 22.9. The largest absolute Gasteiger partial charge is 0.481 e. The van der Waals surface area contributed by atoms with Gasteiger partial charge in [0, 0.05) is 6.54 Å². The molecule has 14 heavy (non-hydrogen) atoms. The van der Waals surface area contributed by atoms with Gasteiger partial charge < -0.3 is 9.84 Å². The summed E-state index contributed by atoms with van der Waals surface area (Å²) in [6.07, 6.45) is -0.0961. The molecule has 0 unspecified atom stereocenters. The number of carboxylic acids is 1. The van der Waals surface area contributed by atoms with E-state index in [4.69, 9.17) is 9.84 Å². The Morgan fingerprint density at radius 1 is 1.43 bits per heavy atom. The van der Waals surface area contributed by atoms with Crippen molar-refractivity contribution in [3.8, 4) is 0 Å². The van der Waals surface area contributed by atoms with Gasteiger partial charge in [0.25, 0.3) is 0 Å². The molecule has 0 aromatic rings. The average molecular weight is 203 g/mol. The lowest BCUT2D eigenvalue weighted by Gasteiger charge is -2.15. The van der Waals surface area contributed by atoms with E-state index in [-0.39, 0.29) is 25.0 Å². The molecule has 0 saturated heterocycles. The first-order valence-corrected chi connectivity index (χ1v) is 4.51. The third-order valence-electron chi connectivity index (χ3n) is 1.47. The standard InChI is InChI=1S/C9H17NO4/c1-7(2)14-9(13)6-10(3)5-4-8(11)12/h7H,4-6H2,1-3H3,(H,11,12). The Morgan fingerprint density at radius 2 is 2.00 bits per heavy atom. The second-order valence-electron chi connectivity index (χ2n) is 3.42. The molecule has 1 N–H and O–H groups in total. The Hall–Kier alpha value is -1.10. The highest BCUT2D eigenvalue weighted by Crippen LogP contribution is 1.93. The van der Waals surface area contributed by atoms with Crippen LogP contribution in [0.4, 0.5) is 0 Å². The summed E-state index contributed by atoms with van der Waals surface area (Å²) in [5.41, 5.74) is 0. The second-order valence-corrected chi connectivity index (χ2v) is 3.42. The zero-order valence-corrected chi connectivity index (χ0v) is 8.82. The lowest BCUT2D eigenvalue weighted by Crippen LogP contribution is -2.30. The summed E-state index contributed by atoms with van der Waals surface area (Å²) in [7, 11) is 1.69. The molecule has 82 valence electrons. The Morgan fingerprint density at radius 3 is 2.43 bits per heavy atom. The zero-order chi connectivity index (χ0) is 11.1. The van der Waals surface area contributed by atoms with E-state index in [0.717, 1.165) is 0 Å². The van der Waals surface area contributed by atoms with Crippen LogP contribution >= 0.6 is 0 Å². The molecule has 0 aromatic heterocycles. The molecule has 0 bridgehead atoms. The Labute approximate surface area is 83.6 Å². The van der Waals surface area contributed by atoms with Gasteiger partial charge in [-0.05, 0) is 20.9 Å². The van der Waals surface area contributed by atoms with Crippen molar-refractivity contribution in [2.75, 3.05) is 20.1 Å². The fourth-order valence-electron chi connectivity index (χ4n) is 0.886. The molecule has 0 atom stereocenters. The van der Waals surface area contributed by atoms with Gasteiger partial charge >= 0.3 is 11.9 Å². The number of rotatable bonds is 6. The monoisotopic (exact) mass is 203 g/mol. The second kappa shape index (κ2) is 6.37. The van der Waals surface area contributed by atoms with Crippen LogP contribution in [0.15, 0.2) is 0 Å². The Kier molecular flexibility index (Phi) is 5.87. The van der Waals surface area contributed by atoms with Crippen molar-refractivity contribution in [1.82, 2.24) is 4.90 Å². The molecule has 0 aliphatic carbocycles. The summed E-state index contributed by atoms with van der Waals surface area (Å²) >= 11 is 0. The van der Waals surface area contributed by atoms with Crippen LogP contribution < -0.4 is 0 Å². The topological polar surface area (TPSA) is 66.8 Å². The molecule has 0 aliphatic rings. The molecule has 0 spiro atoms. The number of hydrogen-bond acceptors (Lipinski definition) is 4. The van der Waals surface area contributed by atoms with E-state index in [9.17, 15) is 9.59 Å². The van der Waals surface area contributed by atoms with Crippen LogP contribution in [-0.2, 0) is 14.3 Å². The fraction of sp³-hybridized carbons (Fsp3) is 0.778. The number of ether oxygens (including phenoxy) is 1. The number of carbonyl (C=O) groups is 2. The lowest BCUT2D eigenvalue weighted by molar-refractivity contribution is -0.149. The molecule has 0 radical (unpaired) electrons. The third kappa shape index (κ3) is 7.54. The van der Waals surface area contributed by atoms with Crippen LogP contribution in [0.5, 0.6) is 0 Å². The summed E-state index contributed by atoms with van der Waals surface area (Å²) < 4.78 is 4.90. The van der Waals surface area contributed by atoms with Crippen molar-refractivity contribution in [2.24, 2.45) is 0 Å². The molecular weight excluding hydrogens is 186 g/mol. The molecule has 0 heterocycles. The van der Waals surface area contributed by atoms with Crippen molar-refractivity contribution in [3.05, 3.63) is 0 Å². The van der Waals surface area contributed by atoms with Crippen molar-refractivity contribution in [1.29, 1.82) is 0 Å². The number of esters is 1. The van der Waals surface area contributed by atoms with Crippen LogP contribution in [0, 0.1) is 0 Å². The van der Waals surface area contributed by atoms with Crippen LogP contribution in [0.3, 0.4) is 0 Å². The smallest absolute Gasteiger partial charge is 0.320 e. The Bertz CT molecular complexity index is 203. The zero-order valence-electron chi connectivity index (χ0n) is 8.82. The molecule has 0 aliphatic heterocycles. The van der Waals surface area contributed by atoms with E-state index in [1.165, 1.54) is 0 Å². The molecule has 5 heteroatoms. The van der Waals surface area contributed by atoms with Crippen LogP contribution in [0.25, 0.3) is 0 Å². The number of carboxylic acid groups (broad SMARTS) is 1. The number of likely N-dealkylation sites (N-methyl/N-ethyl adjacent to an activating group) is 1. The highest BCUT2D eigenvalue weighted by molar-refractivity contribution is 5.72. The fourth-order valence-corrected chi connectivity index (χ4v) is 0.886. The Balaban J connectivity index is 3.65. The molecule has 0 amide bonds. The molecular formula is C9H17NO4. The molecule has 0 aromatic carbocycles. The van der Waals surface area contributed by atoms with Gasteiger partial charge in [-0.3, -0.25) is 14.5 Å². The minimum absolute atomic E-state index is 0.0332. The molecule has 0 rings (SSSR count). The molecule has 0 saturated carbocycles. The molecule has 0 fully saturated rings. The van der Waals surface area contributed by atoms with Crippen molar-refractivity contribution >= 4 is 11.9 Å². The minimum atomic E-state index is -0.867. The number of aliphatic carboxylic acids is 1. The predicted molar refractivity (Wildman–Crippen MR) is 51.0 cm³/mol. The maximum absolute atomic E-state index is 11.1. The van der Waals surface area contributed by atoms with E-state index in [0.29, 0.717) is 6.54 Å². The SMILES string of the molecule is CC(C)OC(=O)CN(C)CCC(=O)O. The highest BCUT2D eigenvalue weighted by atomic mass is 16.5. The van der Waals surface area contributed by atoms with Gasteiger partial charge in [0.1, 0.15) is 0 Å². The summed E-state index contributed by atoms with van der Waals surface area (Å²) in [5, 5.41) is 8.40. The van der Waals surface area contributed by atoms with Crippen molar-refractivity contribution in [3.63, 3.8) is 0 Å². The number of hydrogen-bond donors (Lipinski definition) is 1. The number of nitrogens with zero attached hydrogens (tertiary/aromatic N) is 1. The van der Waals surface area contributed by atoms with E-state index in [2.05, 4.69) is 0 Å². The highest BCUT2D eigenvalue weighted by Gasteiger charge is 2.10. The van der Waals surface area contributed by atoms with Crippen LogP contribution in [0.2, 0.25) is 0 Å². The van der Waals surface area contributed by atoms with Crippen molar-refractivity contribution < 1.29 is 19.4 Å². The molecule has 5 nitrogen and oxygen atoms in total. The first kappa shape index (κ1) is 12.9. The lowest BCUT2D eigenvalue weighted by atomic mass is 10.4. The number of carbonyl (C=O) groups excluding carboxylic acids is 1. The van der Waals surface area contributed by atoms with Gasteiger partial charge in [-0.15, -0.1) is 0 Å². The first-order valence-electron chi connectivity index (χ1n) is 4.51. The first-order chi connectivity index (χ1) is 6.41. The van der Waals surface area contributed by atoms with Crippen LogP contribution in [0.1, 0.15) is 20.3 Å². The maximum atomic E-state index is 11.1. The van der Waals surface area contributed by atoms with Gasteiger partial charge in [-0.25, -0.2) is 0 Å². The summed E-state index contributed by atoms with van der Waals surface area (Å²) in [5.74, 6) is -1.19. The van der Waals surface area contributed by atoms with E-state index < -0.39 is 5.97 Å². The predicted octanol–water partition coefficient (Wildman–Crippen LogP) is 0.344. The third-order valence-corrected chi connectivity index (χ3v) is 1.47. The maximum Gasteiger partial charge on any atom is 0.320 e. The van der Waals surface area contributed by atoms with Crippen molar-refractivity contribution in [2.45, 2.75) is 26.4 Å². The van der Waals surface area contributed by atoms with E-state index in [1.54, 1.807) is 25.8 Å². The average Bonchev–Trinajstić information content (AvgIpc) is 1.98. The van der Waals surface area contributed by atoms with Gasteiger partial charge in [-0.1, -0.05) is 0 Å². The van der Waals surface area contributed by atoms with Gasteiger partial charge in [0.05, 0.1) is 19.1 Å².